The summed E-state index contributed by atoms with van der Waals surface area (Å²) in [6.07, 6.45) is 0. The summed E-state index contributed by atoms with van der Waals surface area (Å²) in [5, 5.41) is 9.58. The fourth-order valence-electron chi connectivity index (χ4n) is 5.72. The first-order valence-electron chi connectivity index (χ1n) is 12.7. The molecule has 0 aromatic heterocycles. The number of rotatable bonds is 3. The predicted octanol–water partition coefficient (Wildman–Crippen LogP) is 9.09. The number of nitrogens with zero attached hydrogens (tertiary/aromatic N) is 2. The molecule has 4 aromatic rings. The molecule has 4 aromatic carbocycles. The normalized spacial score (nSPS) is 13.6. The molecule has 0 amide bonds. The molecule has 0 N–H and O–H groups in total. The van der Waals surface area contributed by atoms with Gasteiger partial charge in [-0.2, -0.15) is 5.26 Å². The van der Waals surface area contributed by atoms with Crippen LogP contribution in [-0.4, -0.2) is 5.54 Å². The summed E-state index contributed by atoms with van der Waals surface area (Å²) in [5.74, 6) is 0. The Labute approximate surface area is 215 Å². The van der Waals surface area contributed by atoms with Crippen LogP contribution in [0.1, 0.15) is 62.4 Å². The zero-order valence-electron chi connectivity index (χ0n) is 22.4. The van der Waals surface area contributed by atoms with Gasteiger partial charge >= 0.3 is 0 Å². The van der Waals surface area contributed by atoms with E-state index in [9.17, 15) is 5.26 Å². The Hall–Kier alpha value is -3.83. The first kappa shape index (κ1) is 23.9. The molecule has 2 nitrogen and oxygen atoms in total. The van der Waals surface area contributed by atoms with Crippen LogP contribution in [0.2, 0.25) is 0 Å². The Bertz CT molecular complexity index is 1510. The van der Waals surface area contributed by atoms with Crippen molar-refractivity contribution >= 4 is 11.4 Å². The number of hydrogen-bond acceptors (Lipinski definition) is 2. The van der Waals surface area contributed by atoms with E-state index >= 15 is 0 Å². The number of aryl methyl sites for hydroxylation is 2. The molecule has 0 saturated heterocycles. The van der Waals surface area contributed by atoms with E-state index in [0.29, 0.717) is 5.56 Å². The zero-order chi connectivity index (χ0) is 25.8. The van der Waals surface area contributed by atoms with Crippen LogP contribution in [-0.2, 0) is 5.41 Å². The molecule has 1 aliphatic carbocycles. The van der Waals surface area contributed by atoms with E-state index in [4.69, 9.17) is 0 Å². The molecule has 0 unspecified atom stereocenters. The largest absolute Gasteiger partial charge is 0.336 e. The fourth-order valence-corrected chi connectivity index (χ4v) is 5.72. The maximum absolute atomic E-state index is 9.58. The van der Waals surface area contributed by atoms with E-state index in [1.54, 1.807) is 0 Å². The quantitative estimate of drug-likeness (QED) is 0.298. The van der Waals surface area contributed by atoms with E-state index in [1.807, 2.05) is 6.07 Å². The molecule has 0 saturated carbocycles. The molecule has 180 valence electrons. The summed E-state index contributed by atoms with van der Waals surface area (Å²) in [6, 6.07) is 30.6. The van der Waals surface area contributed by atoms with Crippen molar-refractivity contribution in [2.45, 2.75) is 59.4 Å². The number of fused-ring (bicyclic) bond motifs is 3. The van der Waals surface area contributed by atoms with Gasteiger partial charge in [-0.05, 0) is 103 Å². The van der Waals surface area contributed by atoms with Crippen LogP contribution in [0.25, 0.3) is 22.3 Å². The van der Waals surface area contributed by atoms with Crippen molar-refractivity contribution in [1.82, 2.24) is 0 Å². The third-order valence-corrected chi connectivity index (χ3v) is 7.59. The summed E-state index contributed by atoms with van der Waals surface area (Å²) < 4.78 is 0. The molecule has 0 bridgehead atoms. The lowest BCUT2D eigenvalue weighted by atomic mass is 9.81. The molecule has 0 radical (unpaired) electrons. The smallest absolute Gasteiger partial charge is 0.0991 e. The van der Waals surface area contributed by atoms with Gasteiger partial charge < -0.3 is 4.90 Å². The van der Waals surface area contributed by atoms with Crippen molar-refractivity contribution in [3.8, 4) is 28.3 Å². The molecule has 2 heteroatoms. The highest BCUT2D eigenvalue weighted by molar-refractivity contribution is 5.87. The van der Waals surface area contributed by atoms with Crippen molar-refractivity contribution in [1.29, 1.82) is 5.26 Å². The maximum atomic E-state index is 9.58. The molecular formula is C34H34N2. The first-order valence-corrected chi connectivity index (χ1v) is 12.7. The molecular weight excluding hydrogens is 436 g/mol. The summed E-state index contributed by atoms with van der Waals surface area (Å²) in [6.45, 7) is 15.8. The summed E-state index contributed by atoms with van der Waals surface area (Å²) >= 11 is 0. The Morgan fingerprint density at radius 2 is 1.36 bits per heavy atom. The lowest BCUT2D eigenvalue weighted by Crippen LogP contribution is -2.38. The highest BCUT2D eigenvalue weighted by atomic mass is 15.2. The summed E-state index contributed by atoms with van der Waals surface area (Å²) in [5.41, 5.74) is 12.9. The van der Waals surface area contributed by atoms with Crippen molar-refractivity contribution < 1.29 is 0 Å². The van der Waals surface area contributed by atoms with Crippen LogP contribution in [0.3, 0.4) is 0 Å². The molecule has 0 aliphatic heterocycles. The van der Waals surface area contributed by atoms with E-state index in [1.165, 1.54) is 55.9 Å². The van der Waals surface area contributed by atoms with E-state index in [-0.39, 0.29) is 11.0 Å². The van der Waals surface area contributed by atoms with Gasteiger partial charge in [0.15, 0.2) is 0 Å². The molecule has 0 heterocycles. The lowest BCUT2D eigenvalue weighted by Gasteiger charge is -2.40. The zero-order valence-corrected chi connectivity index (χ0v) is 22.4. The van der Waals surface area contributed by atoms with Gasteiger partial charge in [0.2, 0.25) is 0 Å². The number of hydrogen-bond donors (Lipinski definition) is 0. The molecule has 0 spiro atoms. The maximum Gasteiger partial charge on any atom is 0.0991 e. The Morgan fingerprint density at radius 3 is 2.03 bits per heavy atom. The molecule has 0 atom stereocenters. The van der Waals surface area contributed by atoms with E-state index < -0.39 is 0 Å². The minimum atomic E-state index is -0.148. The van der Waals surface area contributed by atoms with Crippen LogP contribution < -0.4 is 4.90 Å². The van der Waals surface area contributed by atoms with Gasteiger partial charge in [0.25, 0.3) is 0 Å². The highest BCUT2D eigenvalue weighted by Gasteiger charge is 2.37. The van der Waals surface area contributed by atoms with Gasteiger partial charge in [0, 0.05) is 22.3 Å². The van der Waals surface area contributed by atoms with Crippen molar-refractivity contribution in [3.63, 3.8) is 0 Å². The van der Waals surface area contributed by atoms with Crippen LogP contribution in [0.15, 0.2) is 78.9 Å². The van der Waals surface area contributed by atoms with Crippen molar-refractivity contribution in [2.75, 3.05) is 4.90 Å². The first-order chi connectivity index (χ1) is 17.0. The van der Waals surface area contributed by atoms with E-state index in [2.05, 4.69) is 132 Å². The third kappa shape index (κ3) is 3.80. The fraction of sp³-hybridized carbons (Fsp3) is 0.265. The van der Waals surface area contributed by atoms with Gasteiger partial charge in [0.05, 0.1) is 11.6 Å². The van der Waals surface area contributed by atoms with Crippen LogP contribution in [0, 0.1) is 25.2 Å². The molecule has 36 heavy (non-hydrogen) atoms. The van der Waals surface area contributed by atoms with Gasteiger partial charge in [-0.1, -0.05) is 68.4 Å². The van der Waals surface area contributed by atoms with E-state index in [0.717, 1.165) is 0 Å². The third-order valence-electron chi connectivity index (χ3n) is 7.59. The van der Waals surface area contributed by atoms with Crippen LogP contribution in [0.5, 0.6) is 0 Å². The Morgan fingerprint density at radius 1 is 0.694 bits per heavy atom. The van der Waals surface area contributed by atoms with Gasteiger partial charge in [-0.15, -0.1) is 0 Å². The van der Waals surface area contributed by atoms with Gasteiger partial charge in [0.1, 0.15) is 0 Å². The average Bonchev–Trinajstić information content (AvgIpc) is 3.06. The Kier molecular flexibility index (Phi) is 5.56. The van der Waals surface area contributed by atoms with Crippen molar-refractivity contribution in [2.24, 2.45) is 0 Å². The molecule has 1 aliphatic rings. The molecule has 0 fully saturated rings. The minimum Gasteiger partial charge on any atom is -0.336 e. The van der Waals surface area contributed by atoms with Crippen LogP contribution in [0.4, 0.5) is 11.4 Å². The monoisotopic (exact) mass is 470 g/mol. The summed E-state index contributed by atoms with van der Waals surface area (Å²) in [4.78, 5) is 2.49. The second-order valence-corrected chi connectivity index (χ2v) is 11.6. The molecule has 5 rings (SSSR count). The highest BCUT2D eigenvalue weighted by Crippen LogP contribution is 2.52. The standard InChI is InChI=1S/C34H34N2/c1-22-13-15-26(25-11-9-8-10-12-25)19-31(22)36(33(3,4)5)32-20-28-27-18-24(21-35)14-16-29(27)34(6,7)30(28)17-23(32)2/h8-20H,1-7H3. The van der Waals surface area contributed by atoms with Gasteiger partial charge in [-0.3, -0.25) is 0 Å². The number of nitriles is 1. The van der Waals surface area contributed by atoms with Crippen LogP contribution >= 0.6 is 0 Å². The number of benzene rings is 4. The second kappa shape index (κ2) is 8.38. The lowest BCUT2D eigenvalue weighted by molar-refractivity contribution is 0.558. The minimum absolute atomic E-state index is 0.0996. The predicted molar refractivity (Wildman–Crippen MR) is 152 cm³/mol. The van der Waals surface area contributed by atoms with Gasteiger partial charge in [-0.25, -0.2) is 0 Å². The topological polar surface area (TPSA) is 27.0 Å². The summed E-state index contributed by atoms with van der Waals surface area (Å²) in [7, 11) is 0. The number of anilines is 2. The van der Waals surface area contributed by atoms with Crippen molar-refractivity contribution in [3.05, 3.63) is 107 Å². The SMILES string of the molecule is Cc1ccc(-c2ccccc2)cc1N(c1cc2c(cc1C)C(C)(C)c1ccc(C#N)cc1-2)C(C)(C)C. The second-order valence-electron chi connectivity index (χ2n) is 11.6. The average molecular weight is 471 g/mol. The Balaban J connectivity index is 1.74.